The Bertz CT molecular complexity index is 503. The highest BCUT2D eigenvalue weighted by molar-refractivity contribution is 5.81. The third kappa shape index (κ3) is 7.61. The van der Waals surface area contributed by atoms with Crippen LogP contribution in [0.5, 0.6) is 0 Å². The molecule has 0 unspecified atom stereocenters. The number of carbonyl (C=O) groups is 1. The fraction of sp³-hybridized carbons (Fsp3) is 0.500. The molecule has 0 saturated carbocycles. The molecule has 3 N–H and O–H groups in total. The lowest BCUT2D eigenvalue weighted by Crippen LogP contribution is -2.40. The Kier molecular flexibility index (Phi) is 7.96. The van der Waals surface area contributed by atoms with E-state index in [9.17, 15) is 9.18 Å². The molecule has 0 atom stereocenters. The largest absolute Gasteiger partial charge is 0.356 e. The number of guanidine groups is 1. The molecule has 1 rings (SSSR count). The lowest BCUT2D eigenvalue weighted by atomic mass is 10.1. The summed E-state index contributed by atoms with van der Waals surface area (Å²) in [5.74, 6) is 0.419. The molecule has 122 valence electrons. The lowest BCUT2D eigenvalue weighted by Gasteiger charge is -2.12. The van der Waals surface area contributed by atoms with Crippen LogP contribution in [0.2, 0.25) is 0 Å². The van der Waals surface area contributed by atoms with Gasteiger partial charge in [-0.2, -0.15) is 0 Å². The minimum absolute atomic E-state index is 0.0118. The zero-order valence-corrected chi connectivity index (χ0v) is 13.4. The quantitative estimate of drug-likeness (QED) is 0.527. The number of aliphatic imine (C=N–C) groups is 1. The van der Waals surface area contributed by atoms with E-state index in [0.29, 0.717) is 31.9 Å². The summed E-state index contributed by atoms with van der Waals surface area (Å²) in [6.45, 7) is 5.01. The van der Waals surface area contributed by atoms with Crippen LogP contribution in [0.25, 0.3) is 0 Å². The summed E-state index contributed by atoms with van der Waals surface area (Å²) < 4.78 is 13.1. The Labute approximate surface area is 131 Å². The summed E-state index contributed by atoms with van der Waals surface area (Å²) >= 11 is 0. The maximum atomic E-state index is 13.1. The second-order valence-corrected chi connectivity index (χ2v) is 5.28. The highest BCUT2D eigenvalue weighted by Gasteiger charge is 2.04. The standard InChI is InChI=1S/C16H25FN4O/c1-12(2)21-15(22)8-10-20-16(18-3)19-9-7-13-5-4-6-14(17)11-13/h4-6,11-12H,7-10H2,1-3H3,(H,21,22)(H2,18,19,20). The van der Waals surface area contributed by atoms with Gasteiger partial charge in [-0.1, -0.05) is 12.1 Å². The molecule has 0 heterocycles. The molecule has 0 saturated heterocycles. The lowest BCUT2D eigenvalue weighted by molar-refractivity contribution is -0.121. The first-order chi connectivity index (χ1) is 10.5. The summed E-state index contributed by atoms with van der Waals surface area (Å²) in [7, 11) is 1.67. The first kappa shape index (κ1) is 17.9. The van der Waals surface area contributed by atoms with Gasteiger partial charge < -0.3 is 16.0 Å². The van der Waals surface area contributed by atoms with Crippen molar-refractivity contribution in [2.45, 2.75) is 32.7 Å². The van der Waals surface area contributed by atoms with Crippen molar-refractivity contribution in [3.05, 3.63) is 35.6 Å². The number of hydrogen-bond donors (Lipinski definition) is 3. The van der Waals surface area contributed by atoms with E-state index in [1.54, 1.807) is 13.1 Å². The second-order valence-electron chi connectivity index (χ2n) is 5.28. The highest BCUT2D eigenvalue weighted by Crippen LogP contribution is 2.03. The van der Waals surface area contributed by atoms with Gasteiger partial charge >= 0.3 is 0 Å². The molecule has 0 radical (unpaired) electrons. The molecule has 1 aromatic rings. The molecule has 0 spiro atoms. The highest BCUT2D eigenvalue weighted by atomic mass is 19.1. The molecule has 0 fully saturated rings. The number of rotatable bonds is 7. The van der Waals surface area contributed by atoms with Crippen LogP contribution in [-0.2, 0) is 11.2 Å². The van der Waals surface area contributed by atoms with Crippen molar-refractivity contribution in [3.63, 3.8) is 0 Å². The Morgan fingerprint density at radius 3 is 2.64 bits per heavy atom. The van der Waals surface area contributed by atoms with E-state index in [4.69, 9.17) is 0 Å². The molecule has 22 heavy (non-hydrogen) atoms. The first-order valence-electron chi connectivity index (χ1n) is 7.49. The Balaban J connectivity index is 2.24. The van der Waals surface area contributed by atoms with Gasteiger partial charge in [-0.3, -0.25) is 9.79 Å². The van der Waals surface area contributed by atoms with Crippen molar-refractivity contribution in [1.82, 2.24) is 16.0 Å². The normalized spacial score (nSPS) is 11.4. The monoisotopic (exact) mass is 308 g/mol. The van der Waals surface area contributed by atoms with Gasteiger partial charge in [0.2, 0.25) is 5.91 Å². The number of nitrogens with zero attached hydrogens (tertiary/aromatic N) is 1. The fourth-order valence-electron chi connectivity index (χ4n) is 1.93. The minimum atomic E-state index is -0.226. The van der Waals surface area contributed by atoms with Gasteiger partial charge in [0, 0.05) is 32.6 Å². The van der Waals surface area contributed by atoms with Crippen molar-refractivity contribution < 1.29 is 9.18 Å². The maximum Gasteiger partial charge on any atom is 0.221 e. The summed E-state index contributed by atoms with van der Waals surface area (Å²) in [5.41, 5.74) is 0.930. The van der Waals surface area contributed by atoms with Crippen LogP contribution in [0.3, 0.4) is 0 Å². The van der Waals surface area contributed by atoms with Crippen molar-refractivity contribution in [2.75, 3.05) is 20.1 Å². The van der Waals surface area contributed by atoms with Gasteiger partial charge in [0.1, 0.15) is 5.82 Å². The van der Waals surface area contributed by atoms with Crippen LogP contribution in [0.1, 0.15) is 25.8 Å². The van der Waals surface area contributed by atoms with Gasteiger partial charge in [-0.15, -0.1) is 0 Å². The minimum Gasteiger partial charge on any atom is -0.356 e. The smallest absolute Gasteiger partial charge is 0.221 e. The fourth-order valence-corrected chi connectivity index (χ4v) is 1.93. The third-order valence-corrected chi connectivity index (χ3v) is 2.91. The summed E-state index contributed by atoms with van der Waals surface area (Å²) in [4.78, 5) is 15.6. The molecule has 5 nitrogen and oxygen atoms in total. The molecule has 0 aliphatic heterocycles. The van der Waals surface area contributed by atoms with E-state index >= 15 is 0 Å². The summed E-state index contributed by atoms with van der Waals surface area (Å²) in [5, 5.41) is 9.04. The van der Waals surface area contributed by atoms with E-state index in [2.05, 4.69) is 20.9 Å². The molecule has 1 amide bonds. The predicted molar refractivity (Wildman–Crippen MR) is 87.4 cm³/mol. The van der Waals surface area contributed by atoms with Crippen molar-refractivity contribution in [2.24, 2.45) is 4.99 Å². The van der Waals surface area contributed by atoms with Crippen molar-refractivity contribution >= 4 is 11.9 Å². The zero-order valence-electron chi connectivity index (χ0n) is 13.4. The molecular formula is C16H25FN4O. The van der Waals surface area contributed by atoms with Crippen LogP contribution in [-0.4, -0.2) is 38.0 Å². The zero-order chi connectivity index (χ0) is 16.4. The summed E-state index contributed by atoms with van der Waals surface area (Å²) in [6.07, 6.45) is 1.09. The van der Waals surface area contributed by atoms with Crippen LogP contribution in [0.4, 0.5) is 4.39 Å². The van der Waals surface area contributed by atoms with Gasteiger partial charge in [-0.05, 0) is 38.0 Å². The van der Waals surface area contributed by atoms with Crippen molar-refractivity contribution in [3.8, 4) is 0 Å². The third-order valence-electron chi connectivity index (χ3n) is 2.91. The van der Waals surface area contributed by atoms with Gasteiger partial charge in [0.15, 0.2) is 5.96 Å². The van der Waals surface area contributed by atoms with Gasteiger partial charge in [-0.25, -0.2) is 4.39 Å². The Morgan fingerprint density at radius 2 is 2.00 bits per heavy atom. The van der Waals surface area contributed by atoms with Gasteiger partial charge in [0.05, 0.1) is 0 Å². The van der Waals surface area contributed by atoms with E-state index in [1.807, 2.05) is 19.9 Å². The molecule has 0 aliphatic rings. The Morgan fingerprint density at radius 1 is 1.27 bits per heavy atom. The molecule has 0 aliphatic carbocycles. The number of hydrogen-bond acceptors (Lipinski definition) is 2. The average molecular weight is 308 g/mol. The number of benzene rings is 1. The van der Waals surface area contributed by atoms with Crippen molar-refractivity contribution in [1.29, 1.82) is 0 Å². The Hall–Kier alpha value is -2.11. The van der Waals surface area contributed by atoms with Gasteiger partial charge in [0.25, 0.3) is 0 Å². The number of halogens is 1. The average Bonchev–Trinajstić information content (AvgIpc) is 2.45. The molecule has 1 aromatic carbocycles. The number of amides is 1. The van der Waals surface area contributed by atoms with E-state index in [-0.39, 0.29) is 17.8 Å². The van der Waals surface area contributed by atoms with Crippen LogP contribution in [0, 0.1) is 5.82 Å². The molecule has 6 heteroatoms. The van der Waals surface area contributed by atoms with Crippen LogP contribution in [0.15, 0.2) is 29.3 Å². The van der Waals surface area contributed by atoms with E-state index < -0.39 is 0 Å². The second kappa shape index (κ2) is 9.76. The van der Waals surface area contributed by atoms with Crippen LogP contribution >= 0.6 is 0 Å². The van der Waals surface area contributed by atoms with E-state index in [1.165, 1.54) is 12.1 Å². The first-order valence-corrected chi connectivity index (χ1v) is 7.49. The number of nitrogens with one attached hydrogen (secondary N) is 3. The molecular weight excluding hydrogens is 283 g/mol. The summed E-state index contributed by atoms with van der Waals surface area (Å²) in [6, 6.07) is 6.69. The van der Waals surface area contributed by atoms with E-state index in [0.717, 1.165) is 5.56 Å². The SMILES string of the molecule is CN=C(NCCC(=O)NC(C)C)NCCc1cccc(F)c1. The maximum absolute atomic E-state index is 13.1. The molecule has 0 aromatic heterocycles. The molecule has 0 bridgehead atoms. The topological polar surface area (TPSA) is 65.5 Å². The predicted octanol–water partition coefficient (Wildman–Crippen LogP) is 1.45. The number of carbonyl (C=O) groups excluding carboxylic acids is 1. The van der Waals surface area contributed by atoms with Crippen LogP contribution < -0.4 is 16.0 Å².